The minimum atomic E-state index is -4.40. The first-order valence-electron chi connectivity index (χ1n) is 8.20. The zero-order valence-electron chi connectivity index (χ0n) is 15.0. The van der Waals surface area contributed by atoms with Gasteiger partial charge in [0, 0.05) is 11.6 Å². The first-order valence-corrected chi connectivity index (χ1v) is 8.20. The lowest BCUT2D eigenvalue weighted by Crippen LogP contribution is -2.04. The van der Waals surface area contributed by atoms with Gasteiger partial charge < -0.3 is 9.47 Å². The van der Waals surface area contributed by atoms with Gasteiger partial charge in [-0.25, -0.2) is 4.79 Å². The van der Waals surface area contributed by atoms with Crippen LogP contribution in [-0.2, 0) is 10.9 Å². The van der Waals surface area contributed by atoms with Gasteiger partial charge in [-0.2, -0.15) is 13.2 Å². The maximum Gasteiger partial charge on any atom is 0.416 e. The molecule has 0 spiro atoms. The lowest BCUT2D eigenvalue weighted by atomic mass is 10.1. The number of methoxy groups -OCH3 is 1. The lowest BCUT2D eigenvalue weighted by molar-refractivity contribution is -0.137. The second kappa shape index (κ2) is 8.53. The molecule has 1 aromatic heterocycles. The number of nitrogens with zero attached hydrogens (tertiary/aromatic N) is 1. The number of hydrogen-bond donors (Lipinski definition) is 0. The van der Waals surface area contributed by atoms with Crippen molar-refractivity contribution in [2.45, 2.75) is 20.0 Å². The van der Waals surface area contributed by atoms with Crippen LogP contribution in [0.25, 0.3) is 10.9 Å². The number of fused-ring (bicyclic) bond motifs is 1. The highest BCUT2D eigenvalue weighted by molar-refractivity contribution is 5.95. The third-order valence-electron chi connectivity index (χ3n) is 3.53. The van der Waals surface area contributed by atoms with Gasteiger partial charge in [-0.1, -0.05) is 13.8 Å². The summed E-state index contributed by atoms with van der Waals surface area (Å²) in [5.74, 6) is 0.191. The number of benzene rings is 2. The van der Waals surface area contributed by atoms with E-state index in [4.69, 9.17) is 4.74 Å². The molecule has 3 aromatic rings. The van der Waals surface area contributed by atoms with E-state index >= 15 is 0 Å². The third kappa shape index (κ3) is 4.75. The predicted octanol–water partition coefficient (Wildman–Crippen LogP) is 5.86. The van der Waals surface area contributed by atoms with Gasteiger partial charge in [-0.3, -0.25) is 4.98 Å². The molecule has 0 aliphatic heterocycles. The van der Waals surface area contributed by atoms with Crippen LogP contribution in [-0.4, -0.2) is 18.1 Å². The summed E-state index contributed by atoms with van der Waals surface area (Å²) in [4.78, 5) is 15.7. The summed E-state index contributed by atoms with van der Waals surface area (Å²) in [6.07, 6.45) is -2.91. The number of hydrogen-bond acceptors (Lipinski definition) is 4. The van der Waals surface area contributed by atoms with Gasteiger partial charge in [0.25, 0.3) is 0 Å². The number of esters is 1. The Bertz CT molecular complexity index is 922. The Kier molecular flexibility index (Phi) is 6.39. The van der Waals surface area contributed by atoms with E-state index in [1.54, 1.807) is 24.3 Å². The number of pyridine rings is 1. The van der Waals surface area contributed by atoms with Crippen molar-refractivity contribution >= 4 is 16.9 Å². The molecule has 0 aliphatic carbocycles. The summed E-state index contributed by atoms with van der Waals surface area (Å²) in [5, 5.41) is 0.620. The van der Waals surface area contributed by atoms with Crippen LogP contribution in [0.5, 0.6) is 11.5 Å². The van der Waals surface area contributed by atoms with Crippen LogP contribution in [0.3, 0.4) is 0 Å². The first-order chi connectivity index (χ1) is 12.9. The minimum Gasteiger partial charge on any atom is -0.465 e. The van der Waals surface area contributed by atoms with E-state index in [9.17, 15) is 18.0 Å². The topological polar surface area (TPSA) is 48.4 Å². The van der Waals surface area contributed by atoms with Crippen molar-refractivity contribution in [1.29, 1.82) is 0 Å². The van der Waals surface area contributed by atoms with Crippen LogP contribution in [0.1, 0.15) is 29.8 Å². The molecule has 27 heavy (non-hydrogen) atoms. The SMILES string of the molecule is CC.COC(=O)c1ccc2c(Oc3ccc(C(F)(F)F)cc3)ccnc2c1. The van der Waals surface area contributed by atoms with Gasteiger partial charge in [0.2, 0.25) is 0 Å². The average Bonchev–Trinajstić information content (AvgIpc) is 2.68. The Morgan fingerprint density at radius 2 is 1.67 bits per heavy atom. The fraction of sp³-hybridized carbons (Fsp3) is 0.200. The Hall–Kier alpha value is -3.09. The quantitative estimate of drug-likeness (QED) is 0.537. The second-order valence-corrected chi connectivity index (χ2v) is 5.16. The lowest BCUT2D eigenvalue weighted by Gasteiger charge is -2.11. The molecule has 0 radical (unpaired) electrons. The van der Waals surface area contributed by atoms with Crippen molar-refractivity contribution in [2.75, 3.05) is 7.11 Å². The molecular weight excluding hydrogens is 359 g/mol. The van der Waals surface area contributed by atoms with Crippen LogP contribution in [0.2, 0.25) is 0 Å². The number of carbonyl (C=O) groups excluding carboxylic acids is 1. The number of alkyl halides is 3. The van der Waals surface area contributed by atoms with Crippen molar-refractivity contribution in [3.63, 3.8) is 0 Å². The molecule has 0 saturated carbocycles. The number of halogens is 3. The molecule has 0 amide bonds. The van der Waals surface area contributed by atoms with Gasteiger partial charge >= 0.3 is 12.1 Å². The van der Waals surface area contributed by atoms with Gasteiger partial charge in [-0.15, -0.1) is 0 Å². The second-order valence-electron chi connectivity index (χ2n) is 5.16. The highest BCUT2D eigenvalue weighted by Crippen LogP contribution is 2.33. The van der Waals surface area contributed by atoms with E-state index in [-0.39, 0.29) is 5.75 Å². The Balaban J connectivity index is 0.00000126. The first kappa shape index (κ1) is 20.2. The smallest absolute Gasteiger partial charge is 0.416 e. The summed E-state index contributed by atoms with van der Waals surface area (Å²) in [7, 11) is 1.28. The van der Waals surface area contributed by atoms with E-state index in [1.807, 2.05) is 13.8 Å². The summed E-state index contributed by atoms with van der Waals surface area (Å²) < 4.78 is 48.1. The number of ether oxygens (including phenoxy) is 2. The molecule has 0 fully saturated rings. The van der Waals surface area contributed by atoms with E-state index in [0.29, 0.717) is 22.2 Å². The van der Waals surface area contributed by atoms with Crippen molar-refractivity contribution in [3.8, 4) is 11.5 Å². The van der Waals surface area contributed by atoms with E-state index in [2.05, 4.69) is 9.72 Å². The Morgan fingerprint density at radius 3 is 2.26 bits per heavy atom. The van der Waals surface area contributed by atoms with Crippen molar-refractivity contribution in [2.24, 2.45) is 0 Å². The van der Waals surface area contributed by atoms with Crippen molar-refractivity contribution in [3.05, 3.63) is 65.9 Å². The molecule has 142 valence electrons. The molecule has 2 aromatic carbocycles. The highest BCUT2D eigenvalue weighted by atomic mass is 19.4. The van der Waals surface area contributed by atoms with Gasteiger partial charge in [0.05, 0.1) is 23.8 Å². The predicted molar refractivity (Wildman–Crippen MR) is 95.9 cm³/mol. The van der Waals surface area contributed by atoms with Gasteiger partial charge in [0.1, 0.15) is 11.5 Å². The molecule has 0 unspecified atom stereocenters. The molecule has 3 rings (SSSR count). The zero-order chi connectivity index (χ0) is 20.0. The fourth-order valence-corrected chi connectivity index (χ4v) is 2.29. The van der Waals surface area contributed by atoms with Crippen LogP contribution < -0.4 is 4.74 Å². The normalized spacial score (nSPS) is 10.7. The summed E-state index contributed by atoms with van der Waals surface area (Å²) in [6, 6.07) is 10.8. The fourth-order valence-electron chi connectivity index (χ4n) is 2.29. The number of rotatable bonds is 3. The molecule has 0 atom stereocenters. The van der Waals surface area contributed by atoms with Crippen LogP contribution in [0, 0.1) is 0 Å². The molecular formula is C20H18F3NO3. The maximum atomic E-state index is 12.6. The molecule has 0 aliphatic rings. The summed E-state index contributed by atoms with van der Waals surface area (Å²) in [6.45, 7) is 4.00. The Morgan fingerprint density at radius 1 is 1.00 bits per heavy atom. The number of aromatic nitrogens is 1. The monoisotopic (exact) mass is 377 g/mol. The molecule has 0 N–H and O–H groups in total. The summed E-state index contributed by atoms with van der Waals surface area (Å²) >= 11 is 0. The molecule has 0 saturated heterocycles. The molecule has 4 nitrogen and oxygen atoms in total. The molecule has 0 bridgehead atoms. The minimum absolute atomic E-state index is 0.262. The molecule has 7 heteroatoms. The van der Waals surface area contributed by atoms with Gasteiger partial charge in [0.15, 0.2) is 0 Å². The van der Waals surface area contributed by atoms with Gasteiger partial charge in [-0.05, 0) is 48.5 Å². The zero-order valence-corrected chi connectivity index (χ0v) is 15.0. The Labute approximate surface area is 154 Å². The van der Waals surface area contributed by atoms with Crippen molar-refractivity contribution in [1.82, 2.24) is 4.98 Å². The maximum absolute atomic E-state index is 12.6. The van der Waals surface area contributed by atoms with Crippen LogP contribution in [0.4, 0.5) is 13.2 Å². The van der Waals surface area contributed by atoms with E-state index < -0.39 is 17.7 Å². The van der Waals surface area contributed by atoms with Crippen molar-refractivity contribution < 1.29 is 27.4 Å². The summed E-state index contributed by atoms with van der Waals surface area (Å²) in [5.41, 5.74) is 0.101. The van der Waals surface area contributed by atoms with Crippen LogP contribution in [0.15, 0.2) is 54.7 Å². The average molecular weight is 377 g/mol. The highest BCUT2D eigenvalue weighted by Gasteiger charge is 2.30. The van der Waals surface area contributed by atoms with E-state index in [1.165, 1.54) is 25.4 Å². The number of carbonyl (C=O) groups is 1. The standard InChI is InChI=1S/C18H12F3NO3.C2H6/c1-24-17(23)11-2-7-14-15(10-11)22-9-8-16(14)25-13-5-3-12(4-6-13)18(19,20)21;1-2/h2-10H,1H3;1-2H3. The molecule has 1 heterocycles. The largest absolute Gasteiger partial charge is 0.465 e. The van der Waals surface area contributed by atoms with E-state index in [0.717, 1.165) is 12.1 Å². The van der Waals surface area contributed by atoms with Crippen LogP contribution >= 0.6 is 0 Å². The third-order valence-corrected chi connectivity index (χ3v) is 3.53.